The maximum absolute atomic E-state index is 10.2. The van der Waals surface area contributed by atoms with E-state index in [1.807, 2.05) is 0 Å². The van der Waals surface area contributed by atoms with Crippen molar-refractivity contribution >= 4 is 29.1 Å². The molecule has 0 amide bonds. The molecule has 76 valence electrons. The predicted molar refractivity (Wildman–Crippen MR) is 54.4 cm³/mol. The second kappa shape index (κ2) is 4.66. The third kappa shape index (κ3) is 3.10. The lowest BCUT2D eigenvalue weighted by Gasteiger charge is -2.06. The number of nitrogens with zero attached hydrogens (tertiary/aromatic N) is 1. The van der Waals surface area contributed by atoms with Crippen molar-refractivity contribution in [3.8, 4) is 0 Å². The van der Waals surface area contributed by atoms with E-state index in [0.717, 1.165) is 0 Å². The summed E-state index contributed by atoms with van der Waals surface area (Å²) in [4.78, 5) is 14.1. The Morgan fingerprint density at radius 1 is 1.71 bits per heavy atom. The normalized spacial score (nSPS) is 9.79. The van der Waals surface area contributed by atoms with E-state index in [-0.39, 0.29) is 13.0 Å². The monoisotopic (exact) mass is 215 g/mol. The van der Waals surface area contributed by atoms with Crippen molar-refractivity contribution in [1.29, 1.82) is 0 Å². The van der Waals surface area contributed by atoms with Gasteiger partial charge in [0.05, 0.1) is 17.1 Å². The Kier molecular flexibility index (Phi) is 3.53. The van der Waals surface area contributed by atoms with E-state index in [2.05, 4.69) is 10.3 Å². The van der Waals surface area contributed by atoms with E-state index in [1.165, 1.54) is 6.20 Å². The fraction of sp³-hybridized carbons (Fsp3) is 0.250. The fourth-order valence-corrected chi connectivity index (χ4v) is 1.06. The van der Waals surface area contributed by atoms with Crippen LogP contribution in [0.15, 0.2) is 12.3 Å². The van der Waals surface area contributed by atoms with E-state index in [9.17, 15) is 4.79 Å². The van der Waals surface area contributed by atoms with Gasteiger partial charge in [-0.15, -0.1) is 0 Å². The quantitative estimate of drug-likeness (QED) is 0.703. The van der Waals surface area contributed by atoms with Crippen molar-refractivity contribution in [3.05, 3.63) is 17.3 Å². The summed E-state index contributed by atoms with van der Waals surface area (Å²) < 4.78 is 0. The molecule has 1 rings (SSSR count). The summed E-state index contributed by atoms with van der Waals surface area (Å²) in [6, 6.07) is 1.55. The number of rotatable bonds is 4. The van der Waals surface area contributed by atoms with Gasteiger partial charge in [0.25, 0.3) is 0 Å². The Morgan fingerprint density at radius 3 is 3.00 bits per heavy atom. The Morgan fingerprint density at radius 2 is 2.43 bits per heavy atom. The minimum atomic E-state index is -0.870. The minimum Gasteiger partial charge on any atom is -0.481 e. The third-order valence-electron chi connectivity index (χ3n) is 1.52. The molecule has 6 heteroatoms. The van der Waals surface area contributed by atoms with Gasteiger partial charge in [0.15, 0.2) is 0 Å². The number of carboxylic acid groups (broad SMARTS) is 1. The topological polar surface area (TPSA) is 88.2 Å². The highest BCUT2D eigenvalue weighted by molar-refractivity contribution is 6.30. The molecule has 0 aliphatic rings. The molecule has 5 nitrogen and oxygen atoms in total. The number of pyridine rings is 1. The molecule has 0 aliphatic heterocycles. The van der Waals surface area contributed by atoms with Crippen LogP contribution in [0.1, 0.15) is 6.42 Å². The molecule has 14 heavy (non-hydrogen) atoms. The van der Waals surface area contributed by atoms with Gasteiger partial charge in [0.1, 0.15) is 5.82 Å². The molecule has 0 bridgehead atoms. The predicted octanol–water partition coefficient (Wildman–Crippen LogP) is 1.20. The van der Waals surface area contributed by atoms with Gasteiger partial charge in [-0.3, -0.25) is 4.79 Å². The highest BCUT2D eigenvalue weighted by Gasteiger charge is 2.02. The number of nitrogens with one attached hydrogen (secondary N) is 1. The second-order valence-corrected chi connectivity index (χ2v) is 3.10. The molecule has 1 aromatic rings. The van der Waals surface area contributed by atoms with Crippen LogP contribution in [0.3, 0.4) is 0 Å². The fourth-order valence-electron chi connectivity index (χ4n) is 0.890. The Hall–Kier alpha value is -1.49. The Labute approximate surface area is 85.9 Å². The van der Waals surface area contributed by atoms with Crippen LogP contribution in [0, 0.1) is 0 Å². The van der Waals surface area contributed by atoms with Crippen LogP contribution in [0.2, 0.25) is 5.02 Å². The van der Waals surface area contributed by atoms with Gasteiger partial charge < -0.3 is 16.2 Å². The first kappa shape index (κ1) is 10.6. The number of carboxylic acids is 1. The number of hydrogen-bond donors (Lipinski definition) is 3. The average molecular weight is 216 g/mol. The summed E-state index contributed by atoms with van der Waals surface area (Å²) in [5.41, 5.74) is 5.99. The SMILES string of the molecule is Nc1cc(Cl)cnc1NCCC(=O)O. The van der Waals surface area contributed by atoms with Crippen molar-refractivity contribution < 1.29 is 9.90 Å². The molecule has 0 aromatic carbocycles. The van der Waals surface area contributed by atoms with Crippen LogP contribution >= 0.6 is 11.6 Å². The van der Waals surface area contributed by atoms with Crippen LogP contribution in [0.25, 0.3) is 0 Å². The molecular weight excluding hydrogens is 206 g/mol. The van der Waals surface area contributed by atoms with E-state index in [4.69, 9.17) is 22.4 Å². The van der Waals surface area contributed by atoms with Gasteiger partial charge in [-0.05, 0) is 6.07 Å². The van der Waals surface area contributed by atoms with Crippen LogP contribution in [0.4, 0.5) is 11.5 Å². The van der Waals surface area contributed by atoms with Crippen LogP contribution in [-0.2, 0) is 4.79 Å². The van der Waals surface area contributed by atoms with Gasteiger partial charge in [-0.1, -0.05) is 11.6 Å². The van der Waals surface area contributed by atoms with Gasteiger partial charge in [0, 0.05) is 12.7 Å². The molecular formula is C8H10ClN3O2. The Bertz CT molecular complexity index is 343. The zero-order valence-corrected chi connectivity index (χ0v) is 8.08. The van der Waals surface area contributed by atoms with E-state index in [1.54, 1.807) is 6.07 Å². The lowest BCUT2D eigenvalue weighted by molar-refractivity contribution is -0.136. The number of nitrogens with two attached hydrogens (primary N) is 1. The smallest absolute Gasteiger partial charge is 0.305 e. The molecule has 1 heterocycles. The zero-order valence-electron chi connectivity index (χ0n) is 7.33. The highest BCUT2D eigenvalue weighted by atomic mass is 35.5. The van der Waals surface area contributed by atoms with Gasteiger partial charge >= 0.3 is 5.97 Å². The molecule has 0 aliphatic carbocycles. The molecule has 4 N–H and O–H groups in total. The molecule has 0 saturated carbocycles. The van der Waals surface area contributed by atoms with Crippen LogP contribution in [-0.4, -0.2) is 22.6 Å². The summed E-state index contributed by atoms with van der Waals surface area (Å²) in [5.74, 6) is -0.416. The maximum atomic E-state index is 10.2. The Balaban J connectivity index is 2.55. The third-order valence-corrected chi connectivity index (χ3v) is 1.72. The summed E-state index contributed by atoms with van der Waals surface area (Å²) in [7, 11) is 0. The largest absolute Gasteiger partial charge is 0.481 e. The van der Waals surface area contributed by atoms with Gasteiger partial charge in [-0.2, -0.15) is 0 Å². The van der Waals surface area contributed by atoms with Crippen molar-refractivity contribution in [3.63, 3.8) is 0 Å². The first-order valence-electron chi connectivity index (χ1n) is 3.96. The van der Waals surface area contributed by atoms with E-state index < -0.39 is 5.97 Å². The number of aromatic nitrogens is 1. The van der Waals surface area contributed by atoms with Crippen LogP contribution < -0.4 is 11.1 Å². The van der Waals surface area contributed by atoms with Crippen LogP contribution in [0.5, 0.6) is 0 Å². The first-order chi connectivity index (χ1) is 6.59. The van der Waals surface area contributed by atoms with Gasteiger partial charge in [-0.25, -0.2) is 4.98 Å². The molecule has 0 fully saturated rings. The van der Waals surface area contributed by atoms with Crippen molar-refractivity contribution in [2.75, 3.05) is 17.6 Å². The number of halogens is 1. The molecule has 0 spiro atoms. The number of nitrogen functional groups attached to an aromatic ring is 1. The number of anilines is 2. The maximum Gasteiger partial charge on any atom is 0.305 e. The molecule has 1 aromatic heterocycles. The number of carbonyl (C=O) groups is 1. The number of aliphatic carboxylic acids is 1. The molecule has 0 radical (unpaired) electrons. The summed E-state index contributed by atoms with van der Waals surface area (Å²) >= 11 is 5.64. The molecule has 0 saturated heterocycles. The summed E-state index contributed by atoms with van der Waals surface area (Å²) in [5, 5.41) is 11.6. The van der Waals surface area contributed by atoms with Crippen molar-refractivity contribution in [1.82, 2.24) is 4.98 Å². The minimum absolute atomic E-state index is 0.0176. The zero-order chi connectivity index (χ0) is 10.6. The van der Waals surface area contributed by atoms with Crippen molar-refractivity contribution in [2.24, 2.45) is 0 Å². The molecule has 0 atom stereocenters. The van der Waals surface area contributed by atoms with Crippen molar-refractivity contribution in [2.45, 2.75) is 6.42 Å². The lowest BCUT2D eigenvalue weighted by Crippen LogP contribution is -2.10. The first-order valence-corrected chi connectivity index (χ1v) is 4.34. The molecule has 0 unspecified atom stereocenters. The summed E-state index contributed by atoms with van der Waals surface area (Å²) in [6.45, 7) is 0.286. The average Bonchev–Trinajstić information content (AvgIpc) is 2.08. The van der Waals surface area contributed by atoms with E-state index >= 15 is 0 Å². The highest BCUT2D eigenvalue weighted by Crippen LogP contribution is 2.18. The number of hydrogen-bond acceptors (Lipinski definition) is 4. The van der Waals surface area contributed by atoms with E-state index in [0.29, 0.717) is 16.5 Å². The summed E-state index contributed by atoms with van der Waals surface area (Å²) in [6.07, 6.45) is 1.46. The lowest BCUT2D eigenvalue weighted by atomic mass is 10.3. The second-order valence-electron chi connectivity index (χ2n) is 2.66. The standard InChI is InChI=1S/C8H10ClN3O2/c9-5-3-6(10)8(12-4-5)11-2-1-7(13)14/h3-4H,1-2,10H2,(H,11,12)(H,13,14). The van der Waals surface area contributed by atoms with Gasteiger partial charge in [0.2, 0.25) is 0 Å².